The number of nitrogens with one attached hydrogen (secondary N) is 1. The lowest BCUT2D eigenvalue weighted by atomic mass is 10.2. The summed E-state index contributed by atoms with van der Waals surface area (Å²) in [5.74, 6) is -0.348. The van der Waals surface area contributed by atoms with Crippen LogP contribution in [0, 0.1) is 0 Å². The van der Waals surface area contributed by atoms with Gasteiger partial charge in [-0.25, -0.2) is 4.79 Å². The third-order valence-electron chi connectivity index (χ3n) is 4.29. The molecule has 0 aliphatic carbocycles. The van der Waals surface area contributed by atoms with Crippen LogP contribution in [0.5, 0.6) is 5.75 Å². The molecular weight excluding hydrogens is 380 g/mol. The smallest absolute Gasteiger partial charge is 0.337 e. The highest BCUT2D eigenvalue weighted by atomic mass is 32.1. The van der Waals surface area contributed by atoms with Crippen LogP contribution in [-0.4, -0.2) is 55.3 Å². The van der Waals surface area contributed by atoms with Crippen molar-refractivity contribution in [2.24, 2.45) is 0 Å². The van der Waals surface area contributed by atoms with Gasteiger partial charge >= 0.3 is 5.97 Å². The van der Waals surface area contributed by atoms with Crippen LogP contribution in [0.4, 0.5) is 5.69 Å². The molecule has 28 heavy (non-hydrogen) atoms. The van der Waals surface area contributed by atoms with Crippen LogP contribution in [0.15, 0.2) is 53.0 Å². The van der Waals surface area contributed by atoms with E-state index < -0.39 is 5.97 Å². The number of aliphatic hydroxyl groups excluding tert-OH is 1. The van der Waals surface area contributed by atoms with Crippen molar-refractivity contribution in [2.45, 2.75) is 6.42 Å². The van der Waals surface area contributed by atoms with Crippen molar-refractivity contribution in [1.82, 2.24) is 4.90 Å². The van der Waals surface area contributed by atoms with Gasteiger partial charge in [0.15, 0.2) is 0 Å². The molecule has 0 spiro atoms. The Morgan fingerprint density at radius 3 is 2.82 bits per heavy atom. The van der Waals surface area contributed by atoms with Gasteiger partial charge in [-0.05, 0) is 23.6 Å². The highest BCUT2D eigenvalue weighted by Gasteiger charge is 2.34. The minimum Gasteiger partial charge on any atom is -0.491 e. The minimum atomic E-state index is -0.576. The van der Waals surface area contributed by atoms with E-state index in [-0.39, 0.29) is 36.9 Å². The van der Waals surface area contributed by atoms with Crippen molar-refractivity contribution in [2.75, 3.05) is 38.7 Å². The number of carbonyl (C=O) groups is 2. The fourth-order valence-electron chi connectivity index (χ4n) is 2.90. The number of para-hydroxylation sites is 2. The van der Waals surface area contributed by atoms with Gasteiger partial charge in [0, 0.05) is 17.8 Å². The highest BCUT2D eigenvalue weighted by molar-refractivity contribution is 7.09. The third kappa shape index (κ3) is 4.52. The molecule has 2 N–H and O–H groups in total. The van der Waals surface area contributed by atoms with E-state index in [1.165, 1.54) is 16.9 Å². The number of thiophene rings is 1. The molecule has 2 heterocycles. The number of hydrogen-bond donors (Lipinski definition) is 2. The molecule has 0 bridgehead atoms. The summed E-state index contributed by atoms with van der Waals surface area (Å²) in [7, 11) is 1.27. The van der Waals surface area contributed by atoms with E-state index in [0.717, 1.165) is 6.42 Å². The number of nitrogens with zero attached hydrogens (tertiary/aromatic N) is 1. The molecule has 8 heteroatoms. The maximum Gasteiger partial charge on any atom is 0.337 e. The molecule has 148 valence electrons. The number of aliphatic hydroxyl groups is 1. The highest BCUT2D eigenvalue weighted by Crippen LogP contribution is 2.29. The molecule has 7 nitrogen and oxygen atoms in total. The fraction of sp³-hybridized carbons (Fsp3) is 0.300. The van der Waals surface area contributed by atoms with Crippen LogP contribution >= 0.6 is 11.3 Å². The Labute approximate surface area is 167 Å². The molecule has 0 atom stereocenters. The Kier molecular flexibility index (Phi) is 6.67. The van der Waals surface area contributed by atoms with Crippen LogP contribution in [0.2, 0.25) is 0 Å². The second-order valence-corrected chi connectivity index (χ2v) is 7.13. The molecule has 1 amide bonds. The van der Waals surface area contributed by atoms with Gasteiger partial charge in [0.25, 0.3) is 5.91 Å². The first-order valence-electron chi connectivity index (χ1n) is 8.87. The molecule has 0 radical (unpaired) electrons. The zero-order valence-corrected chi connectivity index (χ0v) is 16.3. The summed E-state index contributed by atoms with van der Waals surface area (Å²) >= 11 is 1.67. The molecule has 2 aromatic rings. The number of esters is 1. The molecule has 0 saturated heterocycles. The van der Waals surface area contributed by atoms with Crippen molar-refractivity contribution in [1.29, 1.82) is 0 Å². The Balaban J connectivity index is 1.77. The summed E-state index contributed by atoms with van der Waals surface area (Å²) < 4.78 is 10.7. The quantitative estimate of drug-likeness (QED) is 0.624. The number of methoxy groups -OCH3 is 1. The maximum atomic E-state index is 12.7. The van der Waals surface area contributed by atoms with E-state index in [1.807, 2.05) is 23.6 Å². The van der Waals surface area contributed by atoms with Crippen molar-refractivity contribution in [3.63, 3.8) is 0 Å². The second-order valence-electron chi connectivity index (χ2n) is 6.09. The minimum absolute atomic E-state index is 0.0931. The number of ether oxygens (including phenoxy) is 2. The van der Waals surface area contributed by atoms with Gasteiger partial charge in [-0.15, -0.1) is 11.3 Å². The second kappa shape index (κ2) is 9.38. The van der Waals surface area contributed by atoms with Gasteiger partial charge in [0.1, 0.15) is 11.4 Å². The van der Waals surface area contributed by atoms with E-state index in [0.29, 0.717) is 18.0 Å². The van der Waals surface area contributed by atoms with Crippen LogP contribution < -0.4 is 10.1 Å². The number of amides is 1. The molecule has 1 aromatic carbocycles. The third-order valence-corrected chi connectivity index (χ3v) is 5.22. The normalized spacial score (nSPS) is 13.8. The van der Waals surface area contributed by atoms with E-state index in [1.54, 1.807) is 23.5 Å². The molecule has 1 aliphatic rings. The average Bonchev–Trinajstić information content (AvgIpc) is 3.33. The van der Waals surface area contributed by atoms with Crippen molar-refractivity contribution >= 4 is 28.9 Å². The van der Waals surface area contributed by atoms with Crippen LogP contribution in [-0.2, 0) is 20.7 Å². The summed E-state index contributed by atoms with van der Waals surface area (Å²) in [5, 5.41) is 14.2. The number of β-amino-alcohol motifs (C(OH)–C–C–N with tert-alkyl or cyclic N) is 1. The van der Waals surface area contributed by atoms with Crippen LogP contribution in [0.1, 0.15) is 4.88 Å². The lowest BCUT2D eigenvalue weighted by Crippen LogP contribution is -2.31. The predicted octanol–water partition coefficient (Wildman–Crippen LogP) is 2.04. The Hall–Kier alpha value is -2.84. The average molecular weight is 402 g/mol. The largest absolute Gasteiger partial charge is 0.491 e. The number of rotatable bonds is 9. The zero-order chi connectivity index (χ0) is 19.9. The molecule has 0 fully saturated rings. The first-order chi connectivity index (χ1) is 13.6. The van der Waals surface area contributed by atoms with Gasteiger partial charge in [-0.3, -0.25) is 4.79 Å². The summed E-state index contributed by atoms with van der Waals surface area (Å²) in [6, 6.07) is 11.3. The Morgan fingerprint density at radius 2 is 2.11 bits per heavy atom. The number of carbonyl (C=O) groups excluding carboxylic acids is 2. The van der Waals surface area contributed by atoms with Gasteiger partial charge in [-0.1, -0.05) is 18.2 Å². The SMILES string of the molecule is COC(=O)C1=C(Nc2ccccc2OCCc2cccs2)C(=O)N(CCO)C1. The van der Waals surface area contributed by atoms with Gasteiger partial charge < -0.3 is 24.8 Å². The topological polar surface area (TPSA) is 88.1 Å². The summed E-state index contributed by atoms with van der Waals surface area (Å²) in [6.45, 7) is 0.544. The van der Waals surface area contributed by atoms with E-state index >= 15 is 0 Å². The summed E-state index contributed by atoms with van der Waals surface area (Å²) in [6.07, 6.45) is 0.783. The monoisotopic (exact) mass is 402 g/mol. The van der Waals surface area contributed by atoms with Crippen LogP contribution in [0.3, 0.4) is 0 Å². The van der Waals surface area contributed by atoms with Crippen LogP contribution in [0.25, 0.3) is 0 Å². The van der Waals surface area contributed by atoms with Gasteiger partial charge in [0.05, 0.1) is 38.1 Å². The number of hydrogen-bond acceptors (Lipinski definition) is 7. The van der Waals surface area contributed by atoms with Crippen molar-refractivity contribution < 1.29 is 24.2 Å². The Bertz CT molecular complexity index is 863. The molecule has 1 aromatic heterocycles. The predicted molar refractivity (Wildman–Crippen MR) is 106 cm³/mol. The first kappa shape index (κ1) is 19.9. The molecule has 0 unspecified atom stereocenters. The molecule has 1 aliphatic heterocycles. The number of anilines is 1. The zero-order valence-electron chi connectivity index (χ0n) is 15.5. The van der Waals surface area contributed by atoms with Crippen molar-refractivity contribution in [3.8, 4) is 5.75 Å². The van der Waals surface area contributed by atoms with E-state index in [2.05, 4.69) is 11.4 Å². The van der Waals surface area contributed by atoms with Crippen molar-refractivity contribution in [3.05, 3.63) is 57.9 Å². The summed E-state index contributed by atoms with van der Waals surface area (Å²) in [4.78, 5) is 27.4. The first-order valence-corrected chi connectivity index (χ1v) is 9.74. The maximum absolute atomic E-state index is 12.7. The van der Waals surface area contributed by atoms with E-state index in [9.17, 15) is 9.59 Å². The van der Waals surface area contributed by atoms with Gasteiger partial charge in [0.2, 0.25) is 0 Å². The number of benzene rings is 1. The molecule has 0 saturated carbocycles. The van der Waals surface area contributed by atoms with E-state index in [4.69, 9.17) is 14.6 Å². The summed E-state index contributed by atoms with van der Waals surface area (Å²) in [5.41, 5.74) is 0.966. The molecule has 3 rings (SSSR count). The fourth-order valence-corrected chi connectivity index (χ4v) is 3.59. The Morgan fingerprint density at radius 1 is 1.29 bits per heavy atom. The lowest BCUT2D eigenvalue weighted by molar-refractivity contribution is -0.136. The van der Waals surface area contributed by atoms with Gasteiger partial charge in [-0.2, -0.15) is 0 Å². The lowest BCUT2D eigenvalue weighted by Gasteiger charge is -2.16. The standard InChI is InChI=1S/C20H22N2O5S/c1-26-20(25)15-13-22(9-10-23)19(24)18(15)21-16-6-2-3-7-17(16)27-11-8-14-5-4-12-28-14/h2-7,12,21,23H,8-11,13H2,1H3. The molecular formula is C20H22N2O5S.